The van der Waals surface area contributed by atoms with Crippen LogP contribution in [0.4, 0.5) is 0 Å². The van der Waals surface area contributed by atoms with Crippen molar-refractivity contribution in [2.45, 2.75) is 25.4 Å². The van der Waals surface area contributed by atoms with Gasteiger partial charge in [0.15, 0.2) is 6.54 Å². The molecule has 2 aromatic rings. The fourth-order valence-corrected chi connectivity index (χ4v) is 3.99. The molecule has 0 bridgehead atoms. The van der Waals surface area contributed by atoms with Gasteiger partial charge in [-0.1, -0.05) is 23.7 Å². The number of carbonyl (C=O) groups excluding carboxylic acids is 1. The molecule has 1 fully saturated rings. The van der Waals surface area contributed by atoms with Crippen molar-refractivity contribution in [2.75, 3.05) is 34.4 Å². The molecule has 1 unspecified atom stereocenters. The Balaban J connectivity index is 1.70. The highest BCUT2D eigenvalue weighted by molar-refractivity contribution is 6.30. The van der Waals surface area contributed by atoms with Crippen LogP contribution < -0.4 is 14.4 Å². The van der Waals surface area contributed by atoms with E-state index in [9.17, 15) is 4.79 Å². The standard InChI is InChI=1S/C22H27ClN2O3/c1-24(14-16-6-8-17(23)9-7-16)15-22(26)25-12-4-5-20(25)19-13-18(27-2)10-11-21(19)28-3/h6-11,13,20H,4-5,12,14-15H2,1-3H3/p+1/t20-/m1/s1. The van der Waals surface area contributed by atoms with E-state index < -0.39 is 0 Å². The minimum absolute atomic E-state index is 0.0286. The summed E-state index contributed by atoms with van der Waals surface area (Å²) in [5.74, 6) is 1.74. The summed E-state index contributed by atoms with van der Waals surface area (Å²) < 4.78 is 10.9. The number of benzene rings is 2. The minimum atomic E-state index is 0.0286. The molecule has 5 nitrogen and oxygen atoms in total. The Morgan fingerprint density at radius 2 is 1.93 bits per heavy atom. The van der Waals surface area contributed by atoms with Gasteiger partial charge in [0, 0.05) is 22.7 Å². The first kappa shape index (κ1) is 20.5. The number of nitrogens with one attached hydrogen (secondary N) is 1. The van der Waals surface area contributed by atoms with E-state index in [4.69, 9.17) is 21.1 Å². The van der Waals surface area contributed by atoms with Crippen LogP contribution in [0.5, 0.6) is 11.5 Å². The van der Waals surface area contributed by atoms with Crippen molar-refractivity contribution in [1.29, 1.82) is 0 Å². The molecule has 0 radical (unpaired) electrons. The summed E-state index contributed by atoms with van der Waals surface area (Å²) in [6.07, 6.45) is 1.93. The lowest BCUT2D eigenvalue weighted by Crippen LogP contribution is -3.08. The second kappa shape index (κ2) is 9.30. The summed E-state index contributed by atoms with van der Waals surface area (Å²) in [5.41, 5.74) is 2.19. The van der Waals surface area contributed by atoms with Gasteiger partial charge in [0.1, 0.15) is 18.0 Å². The van der Waals surface area contributed by atoms with Crippen molar-refractivity contribution in [2.24, 2.45) is 0 Å². The van der Waals surface area contributed by atoms with Crippen LogP contribution in [-0.2, 0) is 11.3 Å². The maximum Gasteiger partial charge on any atom is 0.278 e. The Morgan fingerprint density at radius 1 is 1.18 bits per heavy atom. The van der Waals surface area contributed by atoms with Gasteiger partial charge in [0.2, 0.25) is 0 Å². The number of quaternary nitrogens is 1. The quantitative estimate of drug-likeness (QED) is 0.773. The average Bonchev–Trinajstić information content (AvgIpc) is 3.19. The van der Waals surface area contributed by atoms with Crippen LogP contribution in [0.25, 0.3) is 0 Å². The number of rotatable bonds is 7. The highest BCUT2D eigenvalue weighted by atomic mass is 35.5. The molecule has 1 aliphatic rings. The number of methoxy groups -OCH3 is 2. The molecule has 3 rings (SSSR count). The molecule has 1 saturated heterocycles. The fraction of sp³-hybridized carbons (Fsp3) is 0.409. The average molecular weight is 404 g/mol. The number of hydrogen-bond donors (Lipinski definition) is 1. The van der Waals surface area contributed by atoms with Crippen molar-refractivity contribution >= 4 is 17.5 Å². The molecule has 150 valence electrons. The van der Waals surface area contributed by atoms with Gasteiger partial charge in [-0.3, -0.25) is 4.79 Å². The number of likely N-dealkylation sites (N-methyl/N-ethyl adjacent to an activating group) is 1. The first-order valence-corrected chi connectivity index (χ1v) is 9.96. The van der Waals surface area contributed by atoms with Gasteiger partial charge in [-0.05, 0) is 43.2 Å². The first-order valence-electron chi connectivity index (χ1n) is 9.59. The van der Waals surface area contributed by atoms with Crippen LogP contribution in [0.3, 0.4) is 0 Å². The van der Waals surface area contributed by atoms with Gasteiger partial charge >= 0.3 is 0 Å². The van der Waals surface area contributed by atoms with Gasteiger partial charge in [-0.2, -0.15) is 0 Å². The number of ether oxygens (including phenoxy) is 2. The summed E-state index contributed by atoms with van der Waals surface area (Å²) in [6, 6.07) is 13.6. The van der Waals surface area contributed by atoms with Gasteiger partial charge < -0.3 is 19.3 Å². The maximum atomic E-state index is 13.0. The zero-order valence-corrected chi connectivity index (χ0v) is 17.5. The second-order valence-electron chi connectivity index (χ2n) is 7.29. The van der Waals surface area contributed by atoms with E-state index in [2.05, 4.69) is 0 Å². The SMILES string of the molecule is COc1ccc(OC)c([C@H]2CCCN2C(=O)C[NH+](C)Cc2ccc(Cl)cc2)c1. The third kappa shape index (κ3) is 4.78. The van der Waals surface area contributed by atoms with Crippen molar-refractivity contribution in [3.8, 4) is 11.5 Å². The zero-order chi connectivity index (χ0) is 20.1. The van der Waals surface area contributed by atoms with Crippen LogP contribution in [0.1, 0.15) is 30.0 Å². The summed E-state index contributed by atoms with van der Waals surface area (Å²) in [6.45, 7) is 2.01. The van der Waals surface area contributed by atoms with Crippen molar-refractivity contribution in [3.05, 3.63) is 58.6 Å². The Hall–Kier alpha value is -2.24. The molecular formula is C22H28ClN2O3+. The highest BCUT2D eigenvalue weighted by Gasteiger charge is 2.33. The molecule has 2 atom stereocenters. The number of amides is 1. The Morgan fingerprint density at radius 3 is 2.61 bits per heavy atom. The van der Waals surface area contributed by atoms with Gasteiger partial charge in [-0.25, -0.2) is 0 Å². The van der Waals surface area contributed by atoms with E-state index in [-0.39, 0.29) is 11.9 Å². The smallest absolute Gasteiger partial charge is 0.278 e. The normalized spacial score (nSPS) is 17.4. The molecule has 6 heteroatoms. The zero-order valence-electron chi connectivity index (χ0n) is 16.7. The molecule has 0 aliphatic carbocycles. The molecule has 0 aromatic heterocycles. The van der Waals surface area contributed by atoms with E-state index in [1.54, 1.807) is 14.2 Å². The predicted octanol–water partition coefficient (Wildman–Crippen LogP) is 2.74. The topological polar surface area (TPSA) is 43.2 Å². The molecule has 1 N–H and O–H groups in total. The van der Waals surface area contributed by atoms with E-state index >= 15 is 0 Å². The van der Waals surface area contributed by atoms with Gasteiger partial charge in [-0.15, -0.1) is 0 Å². The van der Waals surface area contributed by atoms with Crippen molar-refractivity contribution in [1.82, 2.24) is 4.90 Å². The monoisotopic (exact) mass is 403 g/mol. The Kier molecular flexibility index (Phi) is 6.81. The fourth-order valence-electron chi connectivity index (χ4n) is 3.86. The van der Waals surface area contributed by atoms with E-state index in [0.29, 0.717) is 6.54 Å². The number of hydrogen-bond acceptors (Lipinski definition) is 3. The predicted molar refractivity (Wildman–Crippen MR) is 110 cm³/mol. The maximum absolute atomic E-state index is 13.0. The largest absolute Gasteiger partial charge is 0.497 e. The molecule has 0 spiro atoms. The molecule has 1 heterocycles. The summed E-state index contributed by atoms with van der Waals surface area (Å²) in [5, 5.41) is 0.727. The summed E-state index contributed by atoms with van der Waals surface area (Å²) in [7, 11) is 5.36. The molecule has 28 heavy (non-hydrogen) atoms. The molecule has 1 aliphatic heterocycles. The van der Waals surface area contributed by atoms with Crippen LogP contribution >= 0.6 is 11.6 Å². The van der Waals surface area contributed by atoms with Crippen molar-refractivity contribution < 1.29 is 19.2 Å². The lowest BCUT2D eigenvalue weighted by Gasteiger charge is -2.27. The van der Waals surface area contributed by atoms with Crippen LogP contribution in [0.2, 0.25) is 5.02 Å². The molecule has 2 aromatic carbocycles. The number of halogens is 1. The first-order chi connectivity index (χ1) is 13.5. The lowest BCUT2D eigenvalue weighted by atomic mass is 10.0. The van der Waals surface area contributed by atoms with E-state index in [0.717, 1.165) is 52.9 Å². The number of likely N-dealkylation sites (tertiary alicyclic amines) is 1. The Bertz CT molecular complexity index is 810. The summed E-state index contributed by atoms with van der Waals surface area (Å²) >= 11 is 5.95. The van der Waals surface area contributed by atoms with Crippen LogP contribution in [0, 0.1) is 0 Å². The lowest BCUT2D eigenvalue weighted by molar-refractivity contribution is -0.885. The van der Waals surface area contributed by atoms with Crippen molar-refractivity contribution in [3.63, 3.8) is 0 Å². The van der Waals surface area contributed by atoms with Crippen LogP contribution in [0.15, 0.2) is 42.5 Å². The number of nitrogens with zero attached hydrogens (tertiary/aromatic N) is 1. The van der Waals surface area contributed by atoms with Gasteiger partial charge in [0.05, 0.1) is 27.3 Å². The molecule has 1 amide bonds. The number of carbonyl (C=O) groups is 1. The van der Waals surface area contributed by atoms with Gasteiger partial charge in [0.25, 0.3) is 5.91 Å². The summed E-state index contributed by atoms with van der Waals surface area (Å²) in [4.78, 5) is 16.2. The third-order valence-corrected chi connectivity index (χ3v) is 5.49. The second-order valence-corrected chi connectivity index (χ2v) is 7.73. The Labute approximate surface area is 171 Å². The minimum Gasteiger partial charge on any atom is -0.497 e. The highest BCUT2D eigenvalue weighted by Crippen LogP contribution is 2.38. The van der Waals surface area contributed by atoms with E-state index in [1.807, 2.05) is 54.4 Å². The molecular weight excluding hydrogens is 376 g/mol. The third-order valence-electron chi connectivity index (χ3n) is 5.24. The molecule has 0 saturated carbocycles. The van der Waals surface area contributed by atoms with Crippen LogP contribution in [-0.4, -0.2) is 45.2 Å². The van der Waals surface area contributed by atoms with E-state index in [1.165, 1.54) is 5.56 Å².